The average Bonchev–Trinajstić information content (AvgIpc) is 2.41. The number of benzene rings is 2. The van der Waals surface area contributed by atoms with Crippen LogP contribution in [0.5, 0.6) is 0 Å². The van der Waals surface area contributed by atoms with Crippen molar-refractivity contribution in [3.63, 3.8) is 0 Å². The quantitative estimate of drug-likeness (QED) is 0.489. The van der Waals surface area contributed by atoms with Crippen LogP contribution in [-0.4, -0.2) is 10.7 Å². The third kappa shape index (κ3) is 2.85. The number of carbonyl (C=O) groups excluding carboxylic acids is 1. The Hall–Kier alpha value is -2.63. The number of hydrogen-bond donors (Lipinski definition) is 0. The van der Waals surface area contributed by atoms with Crippen LogP contribution in [0.3, 0.4) is 0 Å². The topological polar surface area (TPSA) is 60.2 Å². The second kappa shape index (κ2) is 5.56. The highest BCUT2D eigenvalue weighted by Crippen LogP contribution is 2.21. The molecule has 0 bridgehead atoms. The fraction of sp³-hybridized carbons (Fsp3) is 0.0714. The molecule has 0 spiro atoms. The minimum atomic E-state index is -1.15. The molecule has 0 atom stereocenters. The molecule has 0 heterocycles. The third-order valence-corrected chi connectivity index (χ3v) is 2.75. The Balaban J connectivity index is 2.28. The van der Waals surface area contributed by atoms with Gasteiger partial charge in [0, 0.05) is 12.5 Å². The van der Waals surface area contributed by atoms with Crippen molar-refractivity contribution < 1.29 is 18.5 Å². The molecule has 102 valence electrons. The summed E-state index contributed by atoms with van der Waals surface area (Å²) in [6, 6.07) is 8.61. The van der Waals surface area contributed by atoms with Crippen molar-refractivity contribution in [3.05, 3.63) is 75.3 Å². The molecule has 4 nitrogen and oxygen atoms in total. The number of ketones is 1. The van der Waals surface area contributed by atoms with Gasteiger partial charge >= 0.3 is 5.69 Å². The first kappa shape index (κ1) is 13.8. The van der Waals surface area contributed by atoms with Gasteiger partial charge in [-0.1, -0.05) is 18.2 Å². The zero-order chi connectivity index (χ0) is 14.7. The van der Waals surface area contributed by atoms with Crippen molar-refractivity contribution in [1.82, 2.24) is 0 Å². The first-order valence-electron chi connectivity index (χ1n) is 5.69. The number of Topliss-reactive ketones (excluding diaryl/α,β-unsaturated/α-hetero) is 1. The lowest BCUT2D eigenvalue weighted by Crippen LogP contribution is -2.08. The molecule has 0 aliphatic rings. The summed E-state index contributed by atoms with van der Waals surface area (Å²) in [6.07, 6.45) is -0.154. The van der Waals surface area contributed by atoms with Crippen LogP contribution in [0.25, 0.3) is 0 Å². The summed E-state index contributed by atoms with van der Waals surface area (Å²) in [6.45, 7) is 0. The van der Waals surface area contributed by atoms with Crippen LogP contribution in [0.2, 0.25) is 0 Å². The molecule has 2 aromatic carbocycles. The second-order valence-corrected chi connectivity index (χ2v) is 4.12. The van der Waals surface area contributed by atoms with Gasteiger partial charge < -0.3 is 0 Å². The fourth-order valence-corrected chi connectivity index (χ4v) is 1.76. The van der Waals surface area contributed by atoms with E-state index in [0.717, 1.165) is 6.07 Å². The molecule has 0 N–H and O–H groups in total. The maximum absolute atomic E-state index is 13.8. The molecule has 2 aromatic rings. The number of halogens is 2. The number of rotatable bonds is 4. The molecule has 2 rings (SSSR count). The van der Waals surface area contributed by atoms with E-state index in [9.17, 15) is 23.7 Å². The highest BCUT2D eigenvalue weighted by Gasteiger charge is 2.21. The van der Waals surface area contributed by atoms with Crippen LogP contribution in [0, 0.1) is 21.7 Å². The molecule has 0 amide bonds. The molecule has 0 aromatic heterocycles. The van der Waals surface area contributed by atoms with E-state index in [1.165, 1.54) is 36.4 Å². The van der Waals surface area contributed by atoms with E-state index in [-0.39, 0.29) is 12.0 Å². The van der Waals surface area contributed by atoms with E-state index in [0.29, 0.717) is 5.56 Å². The van der Waals surface area contributed by atoms with Crippen molar-refractivity contribution in [2.45, 2.75) is 6.42 Å². The third-order valence-electron chi connectivity index (χ3n) is 2.75. The predicted molar refractivity (Wildman–Crippen MR) is 67.5 cm³/mol. The number of carbonyl (C=O) groups is 1. The molecule has 0 fully saturated rings. The van der Waals surface area contributed by atoms with Gasteiger partial charge in [0.05, 0.1) is 10.5 Å². The number of hydrogen-bond acceptors (Lipinski definition) is 3. The summed E-state index contributed by atoms with van der Waals surface area (Å²) in [4.78, 5) is 21.7. The second-order valence-electron chi connectivity index (χ2n) is 4.12. The minimum Gasteiger partial charge on any atom is -0.294 e. The summed E-state index contributed by atoms with van der Waals surface area (Å²) in [5, 5.41) is 10.6. The van der Waals surface area contributed by atoms with E-state index >= 15 is 0 Å². The largest absolute Gasteiger partial charge is 0.305 e. The maximum atomic E-state index is 13.8. The predicted octanol–water partition coefficient (Wildman–Crippen LogP) is 3.30. The molecular formula is C14H9F2NO3. The van der Waals surface area contributed by atoms with Crippen LogP contribution in [0.4, 0.5) is 14.5 Å². The Morgan fingerprint density at radius 3 is 2.35 bits per heavy atom. The van der Waals surface area contributed by atoms with Gasteiger partial charge in [0.2, 0.25) is 5.82 Å². The lowest BCUT2D eigenvalue weighted by Gasteiger charge is -2.03. The fourth-order valence-electron chi connectivity index (χ4n) is 1.76. The number of nitro groups is 1. The van der Waals surface area contributed by atoms with E-state index < -0.39 is 28.0 Å². The molecule has 0 aliphatic carbocycles. The van der Waals surface area contributed by atoms with Gasteiger partial charge in [-0.05, 0) is 23.8 Å². The zero-order valence-corrected chi connectivity index (χ0v) is 10.2. The Labute approximate surface area is 112 Å². The molecule has 0 unspecified atom stereocenters. The molecule has 0 saturated heterocycles. The van der Waals surface area contributed by atoms with Gasteiger partial charge in [-0.15, -0.1) is 0 Å². The average molecular weight is 277 g/mol. The van der Waals surface area contributed by atoms with Crippen LogP contribution < -0.4 is 0 Å². The van der Waals surface area contributed by atoms with E-state index in [4.69, 9.17) is 0 Å². The Morgan fingerprint density at radius 2 is 1.75 bits per heavy atom. The van der Waals surface area contributed by atoms with Crippen molar-refractivity contribution in [2.75, 3.05) is 0 Å². The van der Waals surface area contributed by atoms with Gasteiger partial charge in [0.1, 0.15) is 5.82 Å². The van der Waals surface area contributed by atoms with Crippen LogP contribution in [-0.2, 0) is 6.42 Å². The summed E-state index contributed by atoms with van der Waals surface area (Å²) in [5.74, 6) is -2.19. The molecule has 20 heavy (non-hydrogen) atoms. The lowest BCUT2D eigenvalue weighted by molar-refractivity contribution is -0.387. The molecule has 6 heteroatoms. The summed E-state index contributed by atoms with van der Waals surface area (Å²) < 4.78 is 26.6. The van der Waals surface area contributed by atoms with Crippen molar-refractivity contribution in [1.29, 1.82) is 0 Å². The molecular weight excluding hydrogens is 268 g/mol. The monoisotopic (exact) mass is 277 g/mol. The van der Waals surface area contributed by atoms with Crippen molar-refractivity contribution >= 4 is 11.5 Å². The Morgan fingerprint density at radius 1 is 1.10 bits per heavy atom. The van der Waals surface area contributed by atoms with Crippen molar-refractivity contribution in [3.8, 4) is 0 Å². The van der Waals surface area contributed by atoms with Crippen LogP contribution in [0.1, 0.15) is 15.9 Å². The first-order valence-corrected chi connectivity index (χ1v) is 5.69. The Kier molecular flexibility index (Phi) is 3.84. The molecule has 0 aliphatic heterocycles. The van der Waals surface area contributed by atoms with Crippen LogP contribution >= 0.6 is 0 Å². The van der Waals surface area contributed by atoms with E-state index in [1.807, 2.05) is 0 Å². The standard InChI is InChI=1S/C14H9F2NO3/c15-10-6-4-9(5-7-10)8-13(18)11-2-1-3-12(14(11)16)17(19)20/h1-7H,8H2. The first-order chi connectivity index (χ1) is 9.49. The lowest BCUT2D eigenvalue weighted by atomic mass is 10.0. The van der Waals surface area contributed by atoms with Crippen molar-refractivity contribution in [2.24, 2.45) is 0 Å². The van der Waals surface area contributed by atoms with E-state index in [1.54, 1.807) is 0 Å². The number of nitrogens with zero attached hydrogens (tertiary/aromatic N) is 1. The number of nitro benzene ring substituents is 1. The molecule has 0 saturated carbocycles. The van der Waals surface area contributed by atoms with Gasteiger partial charge in [0.25, 0.3) is 0 Å². The highest BCUT2D eigenvalue weighted by molar-refractivity contribution is 5.98. The van der Waals surface area contributed by atoms with Crippen LogP contribution in [0.15, 0.2) is 42.5 Å². The van der Waals surface area contributed by atoms with Gasteiger partial charge in [0.15, 0.2) is 5.78 Å². The van der Waals surface area contributed by atoms with E-state index in [2.05, 4.69) is 0 Å². The minimum absolute atomic E-state index is 0.154. The highest BCUT2D eigenvalue weighted by atomic mass is 19.1. The van der Waals surface area contributed by atoms with Gasteiger partial charge in [-0.3, -0.25) is 14.9 Å². The maximum Gasteiger partial charge on any atom is 0.305 e. The smallest absolute Gasteiger partial charge is 0.294 e. The SMILES string of the molecule is O=C(Cc1ccc(F)cc1)c1cccc([N+](=O)[O-])c1F. The normalized spacial score (nSPS) is 10.3. The van der Waals surface area contributed by atoms with Gasteiger partial charge in [-0.2, -0.15) is 4.39 Å². The summed E-state index contributed by atoms with van der Waals surface area (Å²) in [5.41, 5.74) is -0.583. The molecule has 0 radical (unpaired) electrons. The zero-order valence-electron chi connectivity index (χ0n) is 10.2. The Bertz CT molecular complexity index is 669. The summed E-state index contributed by atoms with van der Waals surface area (Å²) in [7, 11) is 0. The van der Waals surface area contributed by atoms with Gasteiger partial charge in [-0.25, -0.2) is 4.39 Å². The summed E-state index contributed by atoms with van der Waals surface area (Å²) >= 11 is 0.